The maximum Gasteiger partial charge on any atom is 0.0243 e. The van der Waals surface area contributed by atoms with Gasteiger partial charge in [0.05, 0.1) is 0 Å². The highest BCUT2D eigenvalue weighted by Gasteiger charge is 2.36. The van der Waals surface area contributed by atoms with Gasteiger partial charge >= 0.3 is 0 Å². The molecule has 104 valence electrons. The number of benzene rings is 1. The highest BCUT2D eigenvalue weighted by atomic mass is 15.2. The van der Waals surface area contributed by atoms with Crippen LogP contribution in [0.15, 0.2) is 18.2 Å². The van der Waals surface area contributed by atoms with Crippen molar-refractivity contribution >= 4 is 0 Å². The number of piperazine rings is 1. The van der Waals surface area contributed by atoms with Gasteiger partial charge in [-0.3, -0.25) is 4.90 Å². The van der Waals surface area contributed by atoms with E-state index in [2.05, 4.69) is 49.2 Å². The number of hydrogen-bond donors (Lipinski definition) is 1. The highest BCUT2D eigenvalue weighted by molar-refractivity contribution is 5.33. The van der Waals surface area contributed by atoms with E-state index in [1.54, 1.807) is 0 Å². The summed E-state index contributed by atoms with van der Waals surface area (Å²) in [6, 6.07) is 8.04. The normalized spacial score (nSPS) is 28.6. The number of nitrogens with zero attached hydrogens (tertiary/aromatic N) is 1. The quantitative estimate of drug-likeness (QED) is 0.897. The zero-order valence-corrected chi connectivity index (χ0v) is 12.4. The molecule has 2 heteroatoms. The third-order valence-corrected chi connectivity index (χ3v) is 4.93. The highest BCUT2D eigenvalue weighted by Crippen LogP contribution is 2.34. The van der Waals surface area contributed by atoms with Crippen LogP contribution in [0.25, 0.3) is 0 Å². The lowest BCUT2D eigenvalue weighted by Crippen LogP contribution is -2.55. The Morgan fingerprint density at radius 3 is 2.53 bits per heavy atom. The summed E-state index contributed by atoms with van der Waals surface area (Å²) in [6.45, 7) is 10.3. The maximum atomic E-state index is 3.73. The molecular weight excluding hydrogens is 232 g/mol. The van der Waals surface area contributed by atoms with Crippen molar-refractivity contribution in [2.24, 2.45) is 5.92 Å². The summed E-state index contributed by atoms with van der Waals surface area (Å²) in [5, 5.41) is 3.73. The summed E-state index contributed by atoms with van der Waals surface area (Å²) >= 11 is 0. The Bertz CT molecular complexity index is 430. The summed E-state index contributed by atoms with van der Waals surface area (Å²) in [6.07, 6.45) is 2.87. The van der Waals surface area contributed by atoms with E-state index in [0.29, 0.717) is 6.04 Å². The SMILES string of the molecule is Cc1cccc(C)c1CN1CC(C2CC2)NCC1C. The molecule has 3 rings (SSSR count). The van der Waals surface area contributed by atoms with Crippen molar-refractivity contribution in [3.8, 4) is 0 Å². The molecule has 1 saturated heterocycles. The van der Waals surface area contributed by atoms with Crippen molar-refractivity contribution in [2.75, 3.05) is 13.1 Å². The standard InChI is InChI=1S/C17H26N2/c1-12-5-4-6-13(2)16(12)10-19-11-17(15-7-8-15)18-9-14(19)3/h4-6,14-15,17-18H,7-11H2,1-3H3. The number of aryl methyl sites for hydroxylation is 2. The second-order valence-corrected chi connectivity index (χ2v) is 6.50. The fourth-order valence-electron chi connectivity index (χ4n) is 3.28. The molecule has 2 atom stereocenters. The summed E-state index contributed by atoms with van der Waals surface area (Å²) in [5.41, 5.74) is 4.41. The zero-order valence-electron chi connectivity index (χ0n) is 12.4. The third kappa shape index (κ3) is 2.85. The van der Waals surface area contributed by atoms with E-state index in [1.807, 2.05) is 0 Å². The lowest BCUT2D eigenvalue weighted by atomic mass is 10.00. The van der Waals surface area contributed by atoms with E-state index in [4.69, 9.17) is 0 Å². The van der Waals surface area contributed by atoms with E-state index < -0.39 is 0 Å². The molecule has 2 aliphatic rings. The summed E-state index contributed by atoms with van der Waals surface area (Å²) in [4.78, 5) is 2.68. The third-order valence-electron chi connectivity index (χ3n) is 4.93. The Labute approximate surface area is 117 Å². The van der Waals surface area contributed by atoms with Crippen molar-refractivity contribution in [1.82, 2.24) is 10.2 Å². The molecule has 2 unspecified atom stereocenters. The monoisotopic (exact) mass is 258 g/mol. The van der Waals surface area contributed by atoms with Gasteiger partial charge in [-0.15, -0.1) is 0 Å². The van der Waals surface area contributed by atoms with Gasteiger partial charge in [0, 0.05) is 31.7 Å². The van der Waals surface area contributed by atoms with Gasteiger partial charge in [0.1, 0.15) is 0 Å². The van der Waals surface area contributed by atoms with Crippen molar-refractivity contribution in [3.63, 3.8) is 0 Å². The van der Waals surface area contributed by atoms with Crippen LogP contribution in [-0.4, -0.2) is 30.1 Å². The molecule has 1 aliphatic heterocycles. The molecule has 0 amide bonds. The van der Waals surface area contributed by atoms with Crippen LogP contribution in [0.2, 0.25) is 0 Å². The Hall–Kier alpha value is -0.860. The van der Waals surface area contributed by atoms with Crippen LogP contribution in [0.4, 0.5) is 0 Å². The molecule has 1 heterocycles. The van der Waals surface area contributed by atoms with Crippen molar-refractivity contribution < 1.29 is 0 Å². The molecule has 0 aromatic heterocycles. The molecule has 1 N–H and O–H groups in total. The minimum Gasteiger partial charge on any atom is -0.311 e. The molecule has 0 bridgehead atoms. The Kier molecular flexibility index (Phi) is 3.64. The lowest BCUT2D eigenvalue weighted by Gasteiger charge is -2.39. The van der Waals surface area contributed by atoms with Gasteiger partial charge in [0.2, 0.25) is 0 Å². The molecule has 1 aromatic rings. The first-order valence-electron chi connectivity index (χ1n) is 7.67. The van der Waals surface area contributed by atoms with Gasteiger partial charge in [0.15, 0.2) is 0 Å². The van der Waals surface area contributed by atoms with E-state index in [-0.39, 0.29) is 0 Å². The summed E-state index contributed by atoms with van der Waals surface area (Å²) in [7, 11) is 0. The maximum absolute atomic E-state index is 3.73. The van der Waals surface area contributed by atoms with Crippen LogP contribution in [0.1, 0.15) is 36.5 Å². The minimum absolute atomic E-state index is 0.647. The molecule has 0 spiro atoms. The van der Waals surface area contributed by atoms with E-state index in [0.717, 1.165) is 25.0 Å². The number of hydrogen-bond acceptors (Lipinski definition) is 2. The zero-order chi connectivity index (χ0) is 13.4. The summed E-state index contributed by atoms with van der Waals surface area (Å²) < 4.78 is 0. The number of rotatable bonds is 3. The predicted octanol–water partition coefficient (Wildman–Crippen LogP) is 2.88. The number of nitrogens with one attached hydrogen (secondary N) is 1. The molecule has 19 heavy (non-hydrogen) atoms. The fourth-order valence-corrected chi connectivity index (χ4v) is 3.28. The van der Waals surface area contributed by atoms with Gasteiger partial charge in [-0.2, -0.15) is 0 Å². The van der Waals surface area contributed by atoms with Crippen LogP contribution in [0.5, 0.6) is 0 Å². The van der Waals surface area contributed by atoms with E-state index in [1.165, 1.54) is 36.1 Å². The molecule has 0 radical (unpaired) electrons. The van der Waals surface area contributed by atoms with Gasteiger partial charge in [0.25, 0.3) is 0 Å². The van der Waals surface area contributed by atoms with Crippen LogP contribution in [0.3, 0.4) is 0 Å². The smallest absolute Gasteiger partial charge is 0.0243 e. The van der Waals surface area contributed by atoms with Crippen LogP contribution >= 0.6 is 0 Å². The first-order chi connectivity index (χ1) is 9.15. The van der Waals surface area contributed by atoms with Gasteiger partial charge in [-0.25, -0.2) is 0 Å². The van der Waals surface area contributed by atoms with Gasteiger partial charge in [-0.1, -0.05) is 18.2 Å². The average molecular weight is 258 g/mol. The van der Waals surface area contributed by atoms with Crippen molar-refractivity contribution in [2.45, 2.75) is 52.2 Å². The molecule has 1 saturated carbocycles. The van der Waals surface area contributed by atoms with Crippen molar-refractivity contribution in [3.05, 3.63) is 34.9 Å². The van der Waals surface area contributed by atoms with E-state index in [9.17, 15) is 0 Å². The lowest BCUT2D eigenvalue weighted by molar-refractivity contribution is 0.125. The molecule has 2 fully saturated rings. The Balaban J connectivity index is 1.73. The van der Waals surface area contributed by atoms with Crippen LogP contribution < -0.4 is 5.32 Å². The second kappa shape index (κ2) is 5.26. The topological polar surface area (TPSA) is 15.3 Å². The van der Waals surface area contributed by atoms with Crippen LogP contribution in [-0.2, 0) is 6.54 Å². The van der Waals surface area contributed by atoms with Crippen molar-refractivity contribution in [1.29, 1.82) is 0 Å². The minimum atomic E-state index is 0.647. The second-order valence-electron chi connectivity index (χ2n) is 6.50. The first-order valence-corrected chi connectivity index (χ1v) is 7.67. The predicted molar refractivity (Wildman–Crippen MR) is 80.3 cm³/mol. The Morgan fingerprint density at radius 1 is 1.21 bits per heavy atom. The van der Waals surface area contributed by atoms with E-state index >= 15 is 0 Å². The van der Waals surface area contributed by atoms with Gasteiger partial charge in [-0.05, 0) is 56.2 Å². The van der Waals surface area contributed by atoms with Crippen LogP contribution in [0, 0.1) is 19.8 Å². The van der Waals surface area contributed by atoms with Gasteiger partial charge < -0.3 is 5.32 Å². The summed E-state index contributed by atoms with van der Waals surface area (Å²) in [5.74, 6) is 0.952. The molecule has 1 aromatic carbocycles. The Morgan fingerprint density at radius 2 is 1.89 bits per heavy atom. The fraction of sp³-hybridized carbons (Fsp3) is 0.647. The molecule has 1 aliphatic carbocycles. The largest absolute Gasteiger partial charge is 0.311 e. The average Bonchev–Trinajstić information content (AvgIpc) is 3.20. The molecule has 2 nitrogen and oxygen atoms in total. The first kappa shape index (κ1) is 13.1. The molecular formula is C17H26N2.